The predicted octanol–water partition coefficient (Wildman–Crippen LogP) is 2.31. The fourth-order valence-electron chi connectivity index (χ4n) is 2.56. The van der Waals surface area contributed by atoms with Gasteiger partial charge in [0.2, 0.25) is 11.0 Å². The van der Waals surface area contributed by atoms with Crippen LogP contribution < -0.4 is 10.9 Å². The Labute approximate surface area is 148 Å². The summed E-state index contributed by atoms with van der Waals surface area (Å²) in [6.07, 6.45) is 3.08. The number of anilines is 1. The minimum Gasteiger partial charge on any atom is -0.300 e. The molecule has 1 N–H and O–H groups in total. The van der Waals surface area contributed by atoms with Gasteiger partial charge in [-0.15, -0.1) is 10.2 Å². The second-order valence-corrected chi connectivity index (χ2v) is 6.81. The van der Waals surface area contributed by atoms with E-state index in [0.29, 0.717) is 21.6 Å². The maximum Gasteiger partial charge on any atom is 0.274 e. The highest BCUT2D eigenvalue weighted by atomic mass is 32.1. The van der Waals surface area contributed by atoms with Crippen molar-refractivity contribution >= 4 is 33.1 Å². The highest BCUT2D eigenvalue weighted by molar-refractivity contribution is 7.15. The van der Waals surface area contributed by atoms with Gasteiger partial charge in [0.15, 0.2) is 0 Å². The number of unbranched alkanes of at least 4 members (excludes halogenated alkanes) is 1. The molecular formula is C17H19N5O2S. The molecule has 2 heterocycles. The average Bonchev–Trinajstić information content (AvgIpc) is 3.05. The summed E-state index contributed by atoms with van der Waals surface area (Å²) in [5.41, 5.74) is 0.385. The summed E-state index contributed by atoms with van der Waals surface area (Å²) < 4.78 is 1.26. The van der Waals surface area contributed by atoms with Crippen LogP contribution in [0.2, 0.25) is 0 Å². The molecule has 2 aromatic heterocycles. The number of aromatic nitrogens is 4. The van der Waals surface area contributed by atoms with E-state index in [-0.39, 0.29) is 17.9 Å². The lowest BCUT2D eigenvalue weighted by Gasteiger charge is -2.07. The fourth-order valence-corrected chi connectivity index (χ4v) is 3.35. The Balaban J connectivity index is 1.77. The van der Waals surface area contributed by atoms with Gasteiger partial charge in [-0.25, -0.2) is 4.68 Å². The Morgan fingerprint density at radius 1 is 1.24 bits per heavy atom. The van der Waals surface area contributed by atoms with E-state index in [0.717, 1.165) is 24.3 Å². The van der Waals surface area contributed by atoms with E-state index in [4.69, 9.17) is 0 Å². The highest BCUT2D eigenvalue weighted by Crippen LogP contribution is 2.18. The monoisotopic (exact) mass is 357 g/mol. The van der Waals surface area contributed by atoms with Crippen LogP contribution in [0.1, 0.15) is 30.5 Å². The number of aryl methyl sites for hydroxylation is 2. The van der Waals surface area contributed by atoms with E-state index >= 15 is 0 Å². The number of amides is 1. The quantitative estimate of drug-likeness (QED) is 0.731. The molecule has 0 aliphatic heterocycles. The number of fused-ring (bicyclic) bond motifs is 1. The summed E-state index contributed by atoms with van der Waals surface area (Å²) in [5.74, 6) is -0.227. The third kappa shape index (κ3) is 3.90. The zero-order valence-electron chi connectivity index (χ0n) is 14.2. The number of nitrogens with one attached hydrogen (secondary N) is 1. The van der Waals surface area contributed by atoms with Gasteiger partial charge in [-0.05, 0) is 12.5 Å². The first-order valence-corrected chi connectivity index (χ1v) is 8.97. The maximum absolute atomic E-state index is 12.3. The van der Waals surface area contributed by atoms with Crippen molar-refractivity contribution in [2.75, 3.05) is 5.32 Å². The Morgan fingerprint density at radius 2 is 2.00 bits per heavy atom. The highest BCUT2D eigenvalue weighted by Gasteiger charge is 2.14. The van der Waals surface area contributed by atoms with Crippen molar-refractivity contribution in [2.45, 2.75) is 32.6 Å². The molecule has 3 rings (SSSR count). The van der Waals surface area contributed by atoms with Crippen LogP contribution in [0.4, 0.5) is 5.13 Å². The molecule has 0 atom stereocenters. The van der Waals surface area contributed by atoms with Crippen LogP contribution in [0.3, 0.4) is 0 Å². The van der Waals surface area contributed by atoms with E-state index < -0.39 is 0 Å². The Kier molecular flexibility index (Phi) is 5.18. The van der Waals surface area contributed by atoms with Crippen molar-refractivity contribution in [1.82, 2.24) is 20.0 Å². The summed E-state index contributed by atoms with van der Waals surface area (Å²) in [6, 6.07) is 7.17. The molecule has 0 saturated heterocycles. The van der Waals surface area contributed by atoms with Gasteiger partial charge >= 0.3 is 0 Å². The number of carbonyl (C=O) groups is 1. The van der Waals surface area contributed by atoms with Gasteiger partial charge in [-0.3, -0.25) is 9.59 Å². The van der Waals surface area contributed by atoms with Crippen molar-refractivity contribution in [3.05, 3.63) is 45.3 Å². The summed E-state index contributed by atoms with van der Waals surface area (Å²) in [6.45, 7) is 2.12. The Morgan fingerprint density at radius 3 is 2.76 bits per heavy atom. The largest absolute Gasteiger partial charge is 0.300 e. The maximum atomic E-state index is 12.3. The first-order chi connectivity index (χ1) is 12.1. The van der Waals surface area contributed by atoms with Crippen LogP contribution in [0, 0.1) is 0 Å². The number of nitrogens with zero attached hydrogens (tertiary/aromatic N) is 4. The predicted molar refractivity (Wildman–Crippen MR) is 97.8 cm³/mol. The molecule has 3 aromatic rings. The molecule has 0 radical (unpaired) electrons. The van der Waals surface area contributed by atoms with Crippen molar-refractivity contribution in [3.8, 4) is 0 Å². The standard InChI is InChI=1S/C17H19N5O2S/c1-3-4-9-15-19-20-17(25-15)18-14(23)10-13-11-7-5-6-8-12(11)16(24)22(2)21-13/h5-8H,3-4,9-10H2,1-2H3,(H,18,20,23). The van der Waals surface area contributed by atoms with Crippen LogP contribution in [0.15, 0.2) is 29.1 Å². The lowest BCUT2D eigenvalue weighted by Crippen LogP contribution is -2.24. The molecule has 0 spiro atoms. The van der Waals surface area contributed by atoms with Crippen molar-refractivity contribution in [1.29, 1.82) is 0 Å². The van der Waals surface area contributed by atoms with E-state index in [1.54, 1.807) is 25.2 Å². The zero-order chi connectivity index (χ0) is 17.8. The van der Waals surface area contributed by atoms with Gasteiger partial charge < -0.3 is 5.32 Å². The molecule has 0 unspecified atom stereocenters. The van der Waals surface area contributed by atoms with E-state index in [1.165, 1.54) is 16.0 Å². The van der Waals surface area contributed by atoms with Crippen LogP contribution in [0.5, 0.6) is 0 Å². The van der Waals surface area contributed by atoms with Gasteiger partial charge in [-0.2, -0.15) is 5.10 Å². The smallest absolute Gasteiger partial charge is 0.274 e. The number of rotatable bonds is 6. The first kappa shape index (κ1) is 17.2. The van der Waals surface area contributed by atoms with Gasteiger partial charge in [-0.1, -0.05) is 42.9 Å². The molecule has 25 heavy (non-hydrogen) atoms. The van der Waals surface area contributed by atoms with Crippen LogP contribution in [-0.2, 0) is 24.7 Å². The van der Waals surface area contributed by atoms with Gasteiger partial charge in [0.1, 0.15) is 5.01 Å². The molecule has 1 amide bonds. The molecule has 1 aromatic carbocycles. The van der Waals surface area contributed by atoms with Gasteiger partial charge in [0.25, 0.3) is 5.56 Å². The third-order valence-corrected chi connectivity index (χ3v) is 4.72. The number of carbonyl (C=O) groups excluding carboxylic acids is 1. The summed E-state index contributed by atoms with van der Waals surface area (Å²) in [5, 5.41) is 17.8. The van der Waals surface area contributed by atoms with E-state index in [1.807, 2.05) is 6.07 Å². The van der Waals surface area contributed by atoms with Crippen LogP contribution >= 0.6 is 11.3 Å². The minimum absolute atomic E-state index is 0.0680. The summed E-state index contributed by atoms with van der Waals surface area (Å²) >= 11 is 1.39. The topological polar surface area (TPSA) is 89.8 Å². The van der Waals surface area contributed by atoms with Gasteiger partial charge in [0, 0.05) is 18.9 Å². The SMILES string of the molecule is CCCCc1nnc(NC(=O)Cc2nn(C)c(=O)c3ccccc23)s1. The Bertz CT molecular complexity index is 963. The average molecular weight is 357 g/mol. The second-order valence-electron chi connectivity index (χ2n) is 5.75. The molecule has 8 heteroatoms. The van der Waals surface area contributed by atoms with E-state index in [9.17, 15) is 9.59 Å². The molecule has 0 fully saturated rings. The normalized spacial score (nSPS) is 11.0. The molecule has 130 valence electrons. The van der Waals surface area contributed by atoms with E-state index in [2.05, 4.69) is 27.5 Å². The molecule has 0 aliphatic carbocycles. The van der Waals surface area contributed by atoms with Crippen LogP contribution in [-0.4, -0.2) is 25.9 Å². The van der Waals surface area contributed by atoms with Gasteiger partial charge in [0.05, 0.1) is 17.5 Å². The fraction of sp³-hybridized carbons (Fsp3) is 0.353. The zero-order valence-corrected chi connectivity index (χ0v) is 15.0. The molecular weight excluding hydrogens is 338 g/mol. The van der Waals surface area contributed by atoms with Crippen LogP contribution in [0.25, 0.3) is 10.8 Å². The summed E-state index contributed by atoms with van der Waals surface area (Å²) in [4.78, 5) is 24.5. The molecule has 7 nitrogen and oxygen atoms in total. The number of hydrogen-bond donors (Lipinski definition) is 1. The Hall–Kier alpha value is -2.61. The molecule has 0 bridgehead atoms. The van der Waals surface area contributed by atoms with Crippen molar-refractivity contribution in [2.24, 2.45) is 7.05 Å². The third-order valence-electron chi connectivity index (χ3n) is 3.82. The first-order valence-electron chi connectivity index (χ1n) is 8.15. The van der Waals surface area contributed by atoms with Crippen molar-refractivity contribution in [3.63, 3.8) is 0 Å². The lowest BCUT2D eigenvalue weighted by molar-refractivity contribution is -0.115. The lowest BCUT2D eigenvalue weighted by atomic mass is 10.1. The van der Waals surface area contributed by atoms with Crippen molar-refractivity contribution < 1.29 is 4.79 Å². The molecule has 0 saturated carbocycles. The second kappa shape index (κ2) is 7.52. The number of hydrogen-bond acceptors (Lipinski definition) is 6. The summed E-state index contributed by atoms with van der Waals surface area (Å²) in [7, 11) is 1.58. The minimum atomic E-state index is -0.227. The number of benzene rings is 1. The molecule has 0 aliphatic rings.